The maximum absolute atomic E-state index is 12.3. The lowest BCUT2D eigenvalue weighted by molar-refractivity contribution is 0.0948. The second-order valence-electron chi connectivity index (χ2n) is 5.92. The summed E-state index contributed by atoms with van der Waals surface area (Å²) in [6.45, 7) is 1.11. The molecule has 2 N–H and O–H groups in total. The van der Waals surface area contributed by atoms with E-state index in [9.17, 15) is 9.59 Å². The van der Waals surface area contributed by atoms with Crippen LogP contribution in [-0.4, -0.2) is 25.7 Å². The second-order valence-corrected chi connectivity index (χ2v) is 5.92. The van der Waals surface area contributed by atoms with Gasteiger partial charge >= 0.3 is 0 Å². The smallest absolute Gasteiger partial charge is 0.261 e. The lowest BCUT2D eigenvalue weighted by atomic mass is 10.1. The maximum Gasteiger partial charge on any atom is 0.261 e. The lowest BCUT2D eigenvalue weighted by Crippen LogP contribution is -2.30. The van der Waals surface area contributed by atoms with E-state index in [2.05, 4.69) is 20.5 Å². The molecule has 1 amide bonds. The van der Waals surface area contributed by atoms with E-state index in [1.807, 2.05) is 4.57 Å². The number of aryl methyl sites for hydroxylation is 1. The van der Waals surface area contributed by atoms with Gasteiger partial charge in [0.15, 0.2) is 5.82 Å². The highest BCUT2D eigenvalue weighted by atomic mass is 16.3. The molecule has 0 spiro atoms. The summed E-state index contributed by atoms with van der Waals surface area (Å²) in [5.41, 5.74) is 0.112. The van der Waals surface area contributed by atoms with Crippen molar-refractivity contribution in [3.63, 3.8) is 0 Å². The average molecular weight is 339 g/mol. The quantitative estimate of drug-likeness (QED) is 0.749. The first-order valence-electron chi connectivity index (χ1n) is 8.19. The van der Waals surface area contributed by atoms with Crippen LogP contribution >= 0.6 is 0 Å². The van der Waals surface area contributed by atoms with Gasteiger partial charge in [-0.1, -0.05) is 0 Å². The van der Waals surface area contributed by atoms with E-state index in [-0.39, 0.29) is 12.1 Å². The number of carbonyl (C=O) groups excluding carboxylic acids is 1. The monoisotopic (exact) mass is 339 g/mol. The summed E-state index contributed by atoms with van der Waals surface area (Å²) >= 11 is 0. The fourth-order valence-corrected chi connectivity index (χ4v) is 2.98. The molecule has 0 unspecified atom stereocenters. The van der Waals surface area contributed by atoms with Crippen LogP contribution in [0.4, 0.5) is 0 Å². The van der Waals surface area contributed by atoms with Crippen LogP contribution in [0.25, 0.3) is 11.5 Å². The summed E-state index contributed by atoms with van der Waals surface area (Å²) in [4.78, 5) is 27.2. The molecule has 0 atom stereocenters. The molecule has 3 aromatic heterocycles. The number of nitrogens with one attached hydrogen (secondary N) is 2. The molecule has 4 rings (SSSR count). The Hall–Kier alpha value is -3.16. The predicted octanol–water partition coefficient (Wildman–Crippen LogP) is 1.49. The summed E-state index contributed by atoms with van der Waals surface area (Å²) < 4.78 is 7.27. The summed E-state index contributed by atoms with van der Waals surface area (Å²) in [6, 6.07) is 6.60. The van der Waals surface area contributed by atoms with Gasteiger partial charge in [-0.2, -0.15) is 0 Å². The Morgan fingerprint density at radius 1 is 1.28 bits per heavy atom. The van der Waals surface area contributed by atoms with E-state index < -0.39 is 11.5 Å². The summed E-state index contributed by atoms with van der Waals surface area (Å²) in [5, 5.41) is 11.0. The van der Waals surface area contributed by atoms with Crippen molar-refractivity contribution in [3.8, 4) is 11.5 Å². The number of aromatic amines is 1. The van der Waals surface area contributed by atoms with E-state index in [0.29, 0.717) is 17.3 Å². The Morgan fingerprint density at radius 2 is 2.20 bits per heavy atom. The molecule has 1 aliphatic rings. The minimum Gasteiger partial charge on any atom is -0.463 e. The van der Waals surface area contributed by atoms with Crippen LogP contribution in [0.1, 0.15) is 34.8 Å². The number of nitrogens with zero attached hydrogens (tertiary/aromatic N) is 3. The fourth-order valence-electron chi connectivity index (χ4n) is 2.98. The van der Waals surface area contributed by atoms with Gasteiger partial charge in [0.2, 0.25) is 0 Å². The van der Waals surface area contributed by atoms with E-state index >= 15 is 0 Å². The molecule has 8 nitrogen and oxygen atoms in total. The molecule has 0 saturated carbocycles. The molecule has 0 aliphatic carbocycles. The van der Waals surface area contributed by atoms with Crippen molar-refractivity contribution >= 4 is 5.91 Å². The van der Waals surface area contributed by atoms with E-state index in [1.54, 1.807) is 18.2 Å². The van der Waals surface area contributed by atoms with Crippen LogP contribution in [0.15, 0.2) is 39.7 Å². The van der Waals surface area contributed by atoms with E-state index in [1.165, 1.54) is 12.3 Å². The van der Waals surface area contributed by atoms with E-state index in [0.717, 1.165) is 31.6 Å². The minimum atomic E-state index is -0.463. The number of hydrogen-bond acceptors (Lipinski definition) is 5. The fraction of sp³-hybridized carbons (Fsp3) is 0.294. The number of furan rings is 1. The Morgan fingerprint density at radius 3 is 3.00 bits per heavy atom. The van der Waals surface area contributed by atoms with Crippen molar-refractivity contribution in [1.82, 2.24) is 25.1 Å². The molecule has 0 saturated heterocycles. The largest absolute Gasteiger partial charge is 0.463 e. The number of H-pyrrole nitrogens is 1. The minimum absolute atomic E-state index is 0.0497. The highest BCUT2D eigenvalue weighted by Crippen LogP contribution is 2.16. The number of amides is 1. The zero-order chi connectivity index (χ0) is 17.2. The lowest BCUT2D eigenvalue weighted by Gasteiger charge is -2.14. The first-order chi connectivity index (χ1) is 12.2. The molecule has 25 heavy (non-hydrogen) atoms. The molecule has 1 aliphatic heterocycles. The number of fused-ring (bicyclic) bond motifs is 1. The average Bonchev–Trinajstić information content (AvgIpc) is 3.29. The highest BCUT2D eigenvalue weighted by molar-refractivity contribution is 5.93. The maximum atomic E-state index is 12.3. The van der Waals surface area contributed by atoms with Gasteiger partial charge in [0, 0.05) is 13.0 Å². The van der Waals surface area contributed by atoms with Crippen molar-refractivity contribution in [2.45, 2.75) is 32.4 Å². The Labute approximate surface area is 142 Å². The van der Waals surface area contributed by atoms with Crippen LogP contribution in [0.5, 0.6) is 0 Å². The zero-order valence-electron chi connectivity index (χ0n) is 13.5. The molecule has 0 fully saturated rings. The van der Waals surface area contributed by atoms with Crippen molar-refractivity contribution in [1.29, 1.82) is 0 Å². The molecule has 0 radical (unpaired) electrons. The van der Waals surface area contributed by atoms with Gasteiger partial charge in [0.1, 0.15) is 17.1 Å². The molecule has 0 aromatic carbocycles. The van der Waals surface area contributed by atoms with Crippen LogP contribution in [0.3, 0.4) is 0 Å². The third kappa shape index (κ3) is 2.98. The SMILES string of the molecule is O=C(NCc1nnc2n1CCCC2)c1ccc(-c2ccco2)[nH]c1=O. The van der Waals surface area contributed by atoms with Gasteiger partial charge in [0.05, 0.1) is 18.5 Å². The van der Waals surface area contributed by atoms with Gasteiger partial charge in [0.25, 0.3) is 11.5 Å². The molecule has 4 heterocycles. The van der Waals surface area contributed by atoms with Gasteiger partial charge in [-0.25, -0.2) is 0 Å². The Bertz CT molecular complexity index is 955. The Balaban J connectivity index is 1.48. The second kappa shape index (κ2) is 6.39. The van der Waals surface area contributed by atoms with Gasteiger partial charge < -0.3 is 19.3 Å². The molecule has 0 bridgehead atoms. The zero-order valence-corrected chi connectivity index (χ0v) is 13.5. The first-order valence-corrected chi connectivity index (χ1v) is 8.19. The third-order valence-electron chi connectivity index (χ3n) is 4.28. The normalized spacial score (nSPS) is 13.4. The summed E-state index contributed by atoms with van der Waals surface area (Å²) in [6.07, 6.45) is 4.63. The molecule has 8 heteroatoms. The van der Waals surface area contributed by atoms with Crippen molar-refractivity contribution in [2.24, 2.45) is 0 Å². The summed E-state index contributed by atoms with van der Waals surface area (Å²) in [5.74, 6) is 1.77. The van der Waals surface area contributed by atoms with Crippen molar-refractivity contribution < 1.29 is 9.21 Å². The standard InChI is InChI=1S/C17H17N5O3/c23-16(18-10-15-21-20-14-5-1-2-8-22(14)15)11-6-7-12(19-17(11)24)13-4-3-9-25-13/h3-4,6-7,9H,1-2,5,8,10H2,(H,18,23)(H,19,24). The Kier molecular flexibility index (Phi) is 3.93. The van der Waals surface area contributed by atoms with Gasteiger partial charge in [-0.05, 0) is 37.1 Å². The van der Waals surface area contributed by atoms with E-state index in [4.69, 9.17) is 4.42 Å². The number of carbonyl (C=O) groups is 1. The molecule has 3 aromatic rings. The molecular formula is C17H17N5O3. The van der Waals surface area contributed by atoms with Crippen molar-refractivity contribution in [2.75, 3.05) is 0 Å². The first kappa shape index (κ1) is 15.4. The number of aromatic nitrogens is 4. The number of pyridine rings is 1. The predicted molar refractivity (Wildman–Crippen MR) is 88.9 cm³/mol. The number of hydrogen-bond donors (Lipinski definition) is 2. The van der Waals surface area contributed by atoms with Crippen molar-refractivity contribution in [3.05, 3.63) is 58.1 Å². The number of rotatable bonds is 4. The van der Waals surface area contributed by atoms with Crippen LogP contribution < -0.4 is 10.9 Å². The highest BCUT2D eigenvalue weighted by Gasteiger charge is 2.17. The van der Waals surface area contributed by atoms with Crippen LogP contribution in [0, 0.1) is 0 Å². The van der Waals surface area contributed by atoms with Gasteiger partial charge in [-0.15, -0.1) is 10.2 Å². The summed E-state index contributed by atoms with van der Waals surface area (Å²) in [7, 11) is 0. The molecular weight excluding hydrogens is 322 g/mol. The van der Waals surface area contributed by atoms with Gasteiger partial charge in [-0.3, -0.25) is 9.59 Å². The van der Waals surface area contributed by atoms with Crippen LogP contribution in [0.2, 0.25) is 0 Å². The topological polar surface area (TPSA) is 106 Å². The van der Waals surface area contributed by atoms with Crippen LogP contribution in [-0.2, 0) is 19.5 Å². The molecule has 128 valence electrons. The third-order valence-corrected chi connectivity index (χ3v) is 4.28.